The highest BCUT2D eigenvalue weighted by Gasteiger charge is 2.37. The van der Waals surface area contributed by atoms with Crippen molar-refractivity contribution >= 4 is 22.0 Å². The van der Waals surface area contributed by atoms with Gasteiger partial charge in [-0.2, -0.15) is 0 Å². The molecule has 1 aliphatic rings. The zero-order chi connectivity index (χ0) is 17.2. The molecule has 1 aromatic rings. The van der Waals surface area contributed by atoms with Crippen LogP contribution in [-0.2, 0) is 9.47 Å². The van der Waals surface area contributed by atoms with Gasteiger partial charge in [0.2, 0.25) is 0 Å². The van der Waals surface area contributed by atoms with Gasteiger partial charge in [-0.15, -0.1) is 0 Å². The van der Waals surface area contributed by atoms with Crippen molar-refractivity contribution < 1.29 is 23.8 Å². The van der Waals surface area contributed by atoms with E-state index in [1.165, 1.54) is 17.0 Å². The number of rotatable bonds is 2. The van der Waals surface area contributed by atoms with Gasteiger partial charge in [0.05, 0.1) is 19.3 Å². The van der Waals surface area contributed by atoms with Crippen LogP contribution in [0, 0.1) is 5.82 Å². The fourth-order valence-corrected chi connectivity index (χ4v) is 2.76. The van der Waals surface area contributed by atoms with Crippen LogP contribution in [0.25, 0.3) is 0 Å². The van der Waals surface area contributed by atoms with Crippen LogP contribution in [0.1, 0.15) is 32.4 Å². The Labute approximate surface area is 143 Å². The Morgan fingerprint density at radius 3 is 2.87 bits per heavy atom. The van der Waals surface area contributed by atoms with Crippen molar-refractivity contribution in [2.75, 3.05) is 19.8 Å². The standard InChI is InChI=1S/C16H21BrFNO4/c1-16(2,3)23-15(21)19-6-7-22-9-13(19)14(20)11-8-10(17)4-5-12(11)18/h4-5,8,13-14,20H,6-7,9H2,1-3H3. The van der Waals surface area contributed by atoms with Crippen molar-refractivity contribution in [3.63, 3.8) is 0 Å². The van der Waals surface area contributed by atoms with E-state index in [1.54, 1.807) is 26.8 Å². The summed E-state index contributed by atoms with van der Waals surface area (Å²) >= 11 is 3.26. The average Bonchev–Trinajstić information content (AvgIpc) is 2.47. The summed E-state index contributed by atoms with van der Waals surface area (Å²) in [5.74, 6) is -0.532. The maximum Gasteiger partial charge on any atom is 0.410 e. The molecule has 1 fully saturated rings. The normalized spacial score (nSPS) is 20.3. The number of halogens is 2. The summed E-state index contributed by atoms with van der Waals surface area (Å²) in [5, 5.41) is 10.6. The third-order valence-corrected chi connectivity index (χ3v) is 3.93. The number of hydrogen-bond acceptors (Lipinski definition) is 4. The van der Waals surface area contributed by atoms with Crippen LogP contribution >= 0.6 is 15.9 Å². The van der Waals surface area contributed by atoms with E-state index in [2.05, 4.69) is 15.9 Å². The van der Waals surface area contributed by atoms with E-state index in [4.69, 9.17) is 9.47 Å². The van der Waals surface area contributed by atoms with Gasteiger partial charge in [0, 0.05) is 16.6 Å². The molecule has 23 heavy (non-hydrogen) atoms. The van der Waals surface area contributed by atoms with Gasteiger partial charge in [0.25, 0.3) is 0 Å². The third kappa shape index (κ3) is 4.65. The number of ether oxygens (including phenoxy) is 2. The second kappa shape index (κ2) is 7.15. The molecule has 1 saturated heterocycles. The molecule has 128 valence electrons. The first-order chi connectivity index (χ1) is 10.7. The lowest BCUT2D eigenvalue weighted by molar-refractivity contribution is -0.0679. The van der Waals surface area contributed by atoms with Crippen molar-refractivity contribution in [3.8, 4) is 0 Å². The van der Waals surface area contributed by atoms with Crippen LogP contribution in [0.4, 0.5) is 9.18 Å². The summed E-state index contributed by atoms with van der Waals surface area (Å²) in [5.41, 5.74) is -0.533. The number of aliphatic hydroxyl groups excluding tert-OH is 1. The number of nitrogens with zero attached hydrogens (tertiary/aromatic N) is 1. The molecule has 2 unspecified atom stereocenters. The van der Waals surface area contributed by atoms with Gasteiger partial charge in [0.1, 0.15) is 17.5 Å². The molecule has 1 amide bonds. The van der Waals surface area contributed by atoms with Crippen LogP contribution in [0.2, 0.25) is 0 Å². The lowest BCUT2D eigenvalue weighted by atomic mass is 10.0. The fourth-order valence-electron chi connectivity index (χ4n) is 2.38. The van der Waals surface area contributed by atoms with Crippen molar-refractivity contribution in [2.45, 2.75) is 38.5 Å². The molecule has 0 spiro atoms. The zero-order valence-corrected chi connectivity index (χ0v) is 15.0. The Hall–Kier alpha value is -1.18. The summed E-state index contributed by atoms with van der Waals surface area (Å²) < 4.78 is 25.4. The molecule has 1 aliphatic heterocycles. The molecule has 1 aromatic carbocycles. The first kappa shape index (κ1) is 18.2. The van der Waals surface area contributed by atoms with E-state index in [9.17, 15) is 14.3 Å². The molecule has 2 rings (SSSR count). The number of morpholine rings is 1. The number of amides is 1. The Morgan fingerprint density at radius 2 is 2.22 bits per heavy atom. The minimum atomic E-state index is -1.21. The zero-order valence-electron chi connectivity index (χ0n) is 13.4. The van der Waals surface area contributed by atoms with Gasteiger partial charge in [-0.1, -0.05) is 15.9 Å². The Balaban J connectivity index is 2.23. The second-order valence-electron chi connectivity index (χ2n) is 6.43. The van der Waals surface area contributed by atoms with Crippen LogP contribution in [0.5, 0.6) is 0 Å². The van der Waals surface area contributed by atoms with Crippen molar-refractivity contribution in [1.82, 2.24) is 4.90 Å². The molecular formula is C16H21BrFNO4. The minimum Gasteiger partial charge on any atom is -0.444 e. The maximum absolute atomic E-state index is 14.0. The highest BCUT2D eigenvalue weighted by Crippen LogP contribution is 2.29. The quantitative estimate of drug-likeness (QED) is 0.843. The third-order valence-electron chi connectivity index (χ3n) is 3.43. The monoisotopic (exact) mass is 389 g/mol. The molecule has 2 atom stereocenters. The van der Waals surface area contributed by atoms with E-state index >= 15 is 0 Å². The number of benzene rings is 1. The average molecular weight is 390 g/mol. The van der Waals surface area contributed by atoms with E-state index < -0.39 is 29.7 Å². The van der Waals surface area contributed by atoms with Crippen molar-refractivity contribution in [1.29, 1.82) is 0 Å². The van der Waals surface area contributed by atoms with Crippen molar-refractivity contribution in [3.05, 3.63) is 34.1 Å². The van der Waals surface area contributed by atoms with Crippen molar-refractivity contribution in [2.24, 2.45) is 0 Å². The molecule has 5 nitrogen and oxygen atoms in total. The van der Waals surface area contributed by atoms with Gasteiger partial charge in [-0.05, 0) is 39.0 Å². The number of hydrogen-bond donors (Lipinski definition) is 1. The highest BCUT2D eigenvalue weighted by molar-refractivity contribution is 9.10. The highest BCUT2D eigenvalue weighted by atomic mass is 79.9. The molecule has 7 heteroatoms. The van der Waals surface area contributed by atoms with Gasteiger partial charge in [-0.25, -0.2) is 9.18 Å². The predicted molar refractivity (Wildman–Crippen MR) is 86.6 cm³/mol. The molecule has 0 bridgehead atoms. The molecule has 1 heterocycles. The summed E-state index contributed by atoms with van der Waals surface area (Å²) in [6.07, 6.45) is -1.75. The molecular weight excluding hydrogens is 369 g/mol. The predicted octanol–water partition coefficient (Wildman–Crippen LogP) is 3.26. The summed E-state index contributed by atoms with van der Waals surface area (Å²) in [4.78, 5) is 13.7. The Kier molecular flexibility index (Phi) is 5.65. The maximum atomic E-state index is 14.0. The largest absolute Gasteiger partial charge is 0.444 e. The van der Waals surface area contributed by atoms with Crippen LogP contribution in [-0.4, -0.2) is 47.5 Å². The van der Waals surface area contributed by atoms with E-state index in [0.29, 0.717) is 11.1 Å². The lowest BCUT2D eigenvalue weighted by Crippen LogP contribution is -2.52. The topological polar surface area (TPSA) is 59.0 Å². The van der Waals surface area contributed by atoms with E-state index in [1.807, 2.05) is 0 Å². The minimum absolute atomic E-state index is 0.114. The fraction of sp³-hybridized carbons (Fsp3) is 0.562. The SMILES string of the molecule is CC(C)(C)OC(=O)N1CCOCC1C(O)c1cc(Br)ccc1F. The van der Waals surface area contributed by atoms with Gasteiger partial charge in [-0.3, -0.25) is 4.90 Å². The smallest absolute Gasteiger partial charge is 0.410 e. The first-order valence-corrected chi connectivity index (χ1v) is 8.19. The number of carbonyl (C=O) groups excluding carboxylic acids is 1. The lowest BCUT2D eigenvalue weighted by Gasteiger charge is -2.39. The number of carbonyl (C=O) groups is 1. The Morgan fingerprint density at radius 1 is 1.52 bits per heavy atom. The van der Waals surface area contributed by atoms with Crippen LogP contribution < -0.4 is 0 Å². The van der Waals surface area contributed by atoms with Gasteiger partial charge < -0.3 is 14.6 Å². The van der Waals surface area contributed by atoms with Crippen LogP contribution in [0.15, 0.2) is 22.7 Å². The van der Waals surface area contributed by atoms with Gasteiger partial charge >= 0.3 is 6.09 Å². The summed E-state index contributed by atoms with van der Waals surface area (Å²) in [6, 6.07) is 3.61. The number of aliphatic hydroxyl groups is 1. The van der Waals surface area contributed by atoms with Gasteiger partial charge in [0.15, 0.2) is 0 Å². The second-order valence-corrected chi connectivity index (χ2v) is 7.34. The Bertz CT molecular complexity index is 576. The molecule has 0 aromatic heterocycles. The molecule has 0 aliphatic carbocycles. The van der Waals surface area contributed by atoms with E-state index in [-0.39, 0.29) is 18.7 Å². The summed E-state index contributed by atoms with van der Waals surface area (Å²) in [6.45, 7) is 6.06. The molecule has 0 saturated carbocycles. The molecule has 0 radical (unpaired) electrons. The van der Waals surface area contributed by atoms with E-state index in [0.717, 1.165) is 0 Å². The molecule has 1 N–H and O–H groups in total. The van der Waals surface area contributed by atoms with Crippen LogP contribution in [0.3, 0.4) is 0 Å². The first-order valence-electron chi connectivity index (χ1n) is 7.39. The summed E-state index contributed by atoms with van der Waals surface area (Å²) in [7, 11) is 0.